The van der Waals surface area contributed by atoms with E-state index >= 15 is 0 Å². The first-order valence-electron chi connectivity index (χ1n) is 9.94. The van der Waals surface area contributed by atoms with Gasteiger partial charge in [0, 0.05) is 18.9 Å². The smallest absolute Gasteiger partial charge is 0.220 e. The van der Waals surface area contributed by atoms with E-state index in [1.54, 1.807) is 0 Å². The standard InChI is InChI=1S/C21H24Cl2O7/c1-9-4-15(26)17(8-14(9)25)29-20-16(27)7-13(23)19(28)21(20)3-2-10-5-11(24)6-12(22)18(10)30-21/h5-7,9,14-17,20,24-27H,2-4,8H2,1H3/t9-,14+,15-,16+,17-,20-,21-/m1/s1. The van der Waals surface area contributed by atoms with E-state index in [0.29, 0.717) is 18.4 Å². The Morgan fingerprint density at radius 2 is 1.90 bits per heavy atom. The van der Waals surface area contributed by atoms with Crippen LogP contribution in [0.2, 0.25) is 5.02 Å². The number of fused-ring (bicyclic) bond motifs is 1. The third-order valence-corrected chi connectivity index (χ3v) is 6.92. The third kappa shape index (κ3) is 3.61. The highest BCUT2D eigenvalue weighted by molar-refractivity contribution is 6.44. The summed E-state index contributed by atoms with van der Waals surface area (Å²) in [6, 6.07) is 2.81. The monoisotopic (exact) mass is 458 g/mol. The van der Waals surface area contributed by atoms with Gasteiger partial charge in [0.05, 0.1) is 28.4 Å². The number of rotatable bonds is 2. The second-order valence-electron chi connectivity index (χ2n) is 8.42. The van der Waals surface area contributed by atoms with E-state index in [1.807, 2.05) is 6.92 Å². The SMILES string of the molecule is C[C@@H]1C[C@@H](O)[C@H](O[C@@H]2[C@@H](O)C=C(Cl)C(=O)[C@]23CCc2cc(O)cc(Cl)c2O3)C[C@@H]1O. The van der Waals surface area contributed by atoms with E-state index in [0.717, 1.165) is 0 Å². The molecule has 3 aliphatic rings. The topological polar surface area (TPSA) is 116 Å². The lowest BCUT2D eigenvalue weighted by Crippen LogP contribution is -2.64. The van der Waals surface area contributed by atoms with Crippen molar-refractivity contribution in [1.29, 1.82) is 0 Å². The summed E-state index contributed by atoms with van der Waals surface area (Å²) >= 11 is 12.4. The van der Waals surface area contributed by atoms with Crippen LogP contribution in [-0.4, -0.2) is 62.3 Å². The van der Waals surface area contributed by atoms with Gasteiger partial charge in [0.25, 0.3) is 0 Å². The number of halogens is 2. The molecule has 0 aromatic heterocycles. The van der Waals surface area contributed by atoms with Crippen LogP contribution in [0.1, 0.15) is 31.7 Å². The van der Waals surface area contributed by atoms with Gasteiger partial charge >= 0.3 is 0 Å². The Kier molecular flexibility index (Phi) is 5.81. The highest BCUT2D eigenvalue weighted by Crippen LogP contribution is 2.46. The minimum atomic E-state index is -1.65. The molecule has 30 heavy (non-hydrogen) atoms. The molecule has 1 aliphatic heterocycles. The molecular weight excluding hydrogens is 435 g/mol. The summed E-state index contributed by atoms with van der Waals surface area (Å²) in [7, 11) is 0. The van der Waals surface area contributed by atoms with Gasteiger partial charge < -0.3 is 29.9 Å². The summed E-state index contributed by atoms with van der Waals surface area (Å²) < 4.78 is 12.2. The number of hydrogen-bond acceptors (Lipinski definition) is 7. The largest absolute Gasteiger partial charge is 0.508 e. The average Bonchev–Trinajstić information content (AvgIpc) is 2.68. The number of aryl methyl sites for hydroxylation is 1. The number of Topliss-reactive ketones (excluding diaryl/α,β-unsaturated/α-hetero) is 1. The van der Waals surface area contributed by atoms with Gasteiger partial charge in [-0.05, 0) is 36.5 Å². The number of phenolic OH excluding ortho intramolecular Hbond substituents is 1. The maximum absolute atomic E-state index is 13.2. The van der Waals surface area contributed by atoms with Gasteiger partial charge in [-0.15, -0.1) is 0 Å². The maximum Gasteiger partial charge on any atom is 0.220 e. The first kappa shape index (κ1) is 21.9. The van der Waals surface area contributed by atoms with Gasteiger partial charge in [-0.25, -0.2) is 0 Å². The molecule has 1 fully saturated rings. The van der Waals surface area contributed by atoms with Crippen molar-refractivity contribution in [3.63, 3.8) is 0 Å². The van der Waals surface area contributed by atoms with Gasteiger partial charge in [0.15, 0.2) is 0 Å². The maximum atomic E-state index is 13.2. The number of carbonyl (C=O) groups is 1. The highest BCUT2D eigenvalue weighted by Gasteiger charge is 2.58. The van der Waals surface area contributed by atoms with E-state index in [-0.39, 0.29) is 40.3 Å². The second-order valence-corrected chi connectivity index (χ2v) is 9.23. The molecule has 9 heteroatoms. The van der Waals surface area contributed by atoms with Gasteiger partial charge in [-0.2, -0.15) is 0 Å². The molecule has 4 rings (SSSR count). The molecule has 0 amide bonds. The van der Waals surface area contributed by atoms with Crippen LogP contribution in [0.25, 0.3) is 0 Å². The second kappa shape index (κ2) is 7.97. The Hall–Kier alpha value is -1.35. The van der Waals surface area contributed by atoms with Crippen LogP contribution in [0.3, 0.4) is 0 Å². The van der Waals surface area contributed by atoms with Crippen LogP contribution >= 0.6 is 23.2 Å². The molecule has 1 saturated carbocycles. The summed E-state index contributed by atoms with van der Waals surface area (Å²) in [5.74, 6) is -0.439. The van der Waals surface area contributed by atoms with E-state index in [2.05, 4.69) is 0 Å². The Morgan fingerprint density at radius 1 is 1.17 bits per heavy atom. The van der Waals surface area contributed by atoms with Crippen molar-refractivity contribution < 1.29 is 34.7 Å². The third-order valence-electron chi connectivity index (χ3n) is 6.34. The number of hydrogen-bond donors (Lipinski definition) is 4. The first-order chi connectivity index (χ1) is 14.1. The predicted octanol–water partition coefficient (Wildman–Crippen LogP) is 2.08. The molecular formula is C21H24Cl2O7. The molecule has 0 unspecified atom stereocenters. The lowest BCUT2D eigenvalue weighted by Gasteiger charge is -2.48. The normalized spacial score (nSPS) is 38.7. The zero-order chi connectivity index (χ0) is 21.8. The van der Waals surface area contributed by atoms with Crippen molar-refractivity contribution in [3.8, 4) is 11.5 Å². The number of phenols is 1. The van der Waals surface area contributed by atoms with Crippen LogP contribution in [0, 0.1) is 5.92 Å². The summed E-state index contributed by atoms with van der Waals surface area (Å²) in [5.41, 5.74) is -1.02. The molecule has 7 atom stereocenters. The molecule has 0 bridgehead atoms. The van der Waals surface area contributed by atoms with Gasteiger partial charge in [0.1, 0.15) is 23.7 Å². The summed E-state index contributed by atoms with van der Waals surface area (Å²) in [6.07, 6.45) is -2.58. The summed E-state index contributed by atoms with van der Waals surface area (Å²) in [4.78, 5) is 13.2. The minimum Gasteiger partial charge on any atom is -0.508 e. The molecule has 1 aromatic rings. The molecule has 4 N–H and O–H groups in total. The molecule has 0 radical (unpaired) electrons. The number of ketones is 1. The van der Waals surface area contributed by atoms with E-state index in [1.165, 1.54) is 18.2 Å². The van der Waals surface area contributed by atoms with E-state index in [4.69, 9.17) is 32.7 Å². The Morgan fingerprint density at radius 3 is 2.63 bits per heavy atom. The van der Waals surface area contributed by atoms with Crippen LogP contribution in [0.15, 0.2) is 23.2 Å². The fourth-order valence-electron chi connectivity index (χ4n) is 4.61. The number of carbonyl (C=O) groups excluding carboxylic acids is 1. The molecule has 0 saturated heterocycles. The molecule has 164 valence electrons. The van der Waals surface area contributed by atoms with Crippen LogP contribution in [-0.2, 0) is 16.0 Å². The molecule has 1 heterocycles. The van der Waals surface area contributed by atoms with E-state index in [9.17, 15) is 25.2 Å². The molecule has 7 nitrogen and oxygen atoms in total. The first-order valence-corrected chi connectivity index (χ1v) is 10.7. The van der Waals surface area contributed by atoms with Crippen molar-refractivity contribution in [3.05, 3.63) is 33.8 Å². The number of aromatic hydroxyl groups is 1. The van der Waals surface area contributed by atoms with Crippen molar-refractivity contribution in [1.82, 2.24) is 0 Å². The van der Waals surface area contributed by atoms with Gasteiger partial charge in [-0.3, -0.25) is 4.79 Å². The Balaban J connectivity index is 1.70. The van der Waals surface area contributed by atoms with Crippen LogP contribution in [0.5, 0.6) is 11.5 Å². The number of benzene rings is 1. The molecule has 2 aliphatic carbocycles. The van der Waals surface area contributed by atoms with Crippen molar-refractivity contribution >= 4 is 29.0 Å². The van der Waals surface area contributed by atoms with Crippen molar-refractivity contribution in [2.24, 2.45) is 5.92 Å². The number of aliphatic hydroxyl groups is 3. The Labute approximate surface area is 183 Å². The fourth-order valence-corrected chi connectivity index (χ4v) is 5.17. The predicted molar refractivity (Wildman–Crippen MR) is 109 cm³/mol. The Bertz CT molecular complexity index is 888. The molecule has 1 aromatic carbocycles. The minimum absolute atomic E-state index is 0.0209. The average molecular weight is 459 g/mol. The van der Waals surface area contributed by atoms with Crippen molar-refractivity contribution in [2.75, 3.05) is 0 Å². The number of aliphatic hydroxyl groups excluding tert-OH is 3. The van der Waals surface area contributed by atoms with Crippen LogP contribution in [0.4, 0.5) is 0 Å². The number of ether oxygens (including phenoxy) is 2. The van der Waals surface area contributed by atoms with Crippen molar-refractivity contribution in [2.45, 2.75) is 68.7 Å². The lowest BCUT2D eigenvalue weighted by atomic mass is 9.76. The lowest BCUT2D eigenvalue weighted by molar-refractivity contribution is -0.201. The van der Waals surface area contributed by atoms with Gasteiger partial charge in [0.2, 0.25) is 11.4 Å². The van der Waals surface area contributed by atoms with E-state index < -0.39 is 41.9 Å². The van der Waals surface area contributed by atoms with Crippen LogP contribution < -0.4 is 4.74 Å². The quantitative estimate of drug-likeness (QED) is 0.535. The highest BCUT2D eigenvalue weighted by atomic mass is 35.5. The van der Waals surface area contributed by atoms with Gasteiger partial charge in [-0.1, -0.05) is 30.1 Å². The fraction of sp³-hybridized carbons (Fsp3) is 0.571. The summed E-state index contributed by atoms with van der Waals surface area (Å²) in [5, 5.41) is 41.2. The zero-order valence-electron chi connectivity index (χ0n) is 16.3. The summed E-state index contributed by atoms with van der Waals surface area (Å²) in [6.45, 7) is 1.84. The zero-order valence-corrected chi connectivity index (χ0v) is 17.8. The molecule has 1 spiro atoms.